The molecule has 3 rings (SSSR count). The lowest BCUT2D eigenvalue weighted by molar-refractivity contribution is -0.146. The Balaban J connectivity index is 1.48. The lowest BCUT2D eigenvalue weighted by Gasteiger charge is -2.35. The van der Waals surface area contributed by atoms with E-state index in [4.69, 9.17) is 0 Å². The van der Waals surface area contributed by atoms with Gasteiger partial charge >= 0.3 is 0 Å². The molecule has 0 spiro atoms. The molecule has 5 nitrogen and oxygen atoms in total. The first-order valence-electron chi connectivity index (χ1n) is 7.52. The van der Waals surface area contributed by atoms with E-state index in [9.17, 15) is 9.59 Å². The van der Waals surface area contributed by atoms with Crippen LogP contribution in [0.25, 0.3) is 0 Å². The maximum absolute atomic E-state index is 12.2. The number of hydrogen-bond donors (Lipinski definition) is 1. The van der Waals surface area contributed by atoms with Gasteiger partial charge in [0.15, 0.2) is 0 Å². The molecule has 0 aromatic heterocycles. The summed E-state index contributed by atoms with van der Waals surface area (Å²) in [6.45, 7) is 3.81. The normalized spacial score (nSPS) is 25.8. The smallest absolute Gasteiger partial charge is 0.242 e. The highest BCUT2D eigenvalue weighted by Gasteiger charge is 2.36. The molecule has 0 atom stereocenters. The molecule has 0 aromatic carbocycles. The van der Waals surface area contributed by atoms with Gasteiger partial charge in [0.2, 0.25) is 11.8 Å². The number of amides is 2. The number of rotatable bonds is 3. The van der Waals surface area contributed by atoms with Crippen molar-refractivity contribution in [1.29, 1.82) is 0 Å². The highest BCUT2D eigenvalue weighted by atomic mass is 16.2. The molecule has 19 heavy (non-hydrogen) atoms. The summed E-state index contributed by atoms with van der Waals surface area (Å²) in [6.07, 6.45) is 5.09. The predicted octanol–water partition coefficient (Wildman–Crippen LogP) is 0.209. The van der Waals surface area contributed by atoms with E-state index >= 15 is 0 Å². The van der Waals surface area contributed by atoms with Crippen LogP contribution >= 0.6 is 0 Å². The number of nitrogens with zero attached hydrogens (tertiary/aromatic N) is 2. The van der Waals surface area contributed by atoms with Crippen molar-refractivity contribution in [2.75, 3.05) is 32.7 Å². The number of nitrogens with one attached hydrogen (secondary N) is 1. The molecule has 0 radical (unpaired) electrons. The van der Waals surface area contributed by atoms with Crippen LogP contribution in [0.2, 0.25) is 0 Å². The van der Waals surface area contributed by atoms with E-state index in [1.807, 2.05) is 4.90 Å². The summed E-state index contributed by atoms with van der Waals surface area (Å²) >= 11 is 0. The van der Waals surface area contributed by atoms with Crippen molar-refractivity contribution < 1.29 is 9.59 Å². The first kappa shape index (κ1) is 12.9. The van der Waals surface area contributed by atoms with Crippen LogP contribution in [-0.2, 0) is 9.59 Å². The standard InChI is InChI=1S/C14H23N3O2/c18-13(9-11-3-5-15-6-4-11)16-7-8-17(12-1-2-12)14(19)10-16/h11-12,15H,1-10H2. The third-order valence-corrected chi connectivity index (χ3v) is 4.52. The van der Waals surface area contributed by atoms with Gasteiger partial charge in [-0.2, -0.15) is 0 Å². The minimum atomic E-state index is 0.146. The van der Waals surface area contributed by atoms with E-state index in [2.05, 4.69) is 5.32 Å². The zero-order valence-electron chi connectivity index (χ0n) is 11.4. The molecule has 0 bridgehead atoms. The fraction of sp³-hybridized carbons (Fsp3) is 0.857. The molecule has 2 saturated heterocycles. The summed E-state index contributed by atoms with van der Waals surface area (Å²) in [5, 5.41) is 3.31. The Morgan fingerprint density at radius 2 is 1.89 bits per heavy atom. The average Bonchev–Trinajstić information content (AvgIpc) is 3.24. The van der Waals surface area contributed by atoms with Crippen molar-refractivity contribution in [3.63, 3.8) is 0 Å². The highest BCUT2D eigenvalue weighted by Crippen LogP contribution is 2.28. The molecule has 3 aliphatic rings. The molecule has 1 N–H and O–H groups in total. The van der Waals surface area contributed by atoms with Crippen LogP contribution in [0, 0.1) is 5.92 Å². The molecule has 2 aliphatic heterocycles. The summed E-state index contributed by atoms with van der Waals surface area (Å²) < 4.78 is 0. The van der Waals surface area contributed by atoms with Gasteiger partial charge in [-0.25, -0.2) is 0 Å². The van der Waals surface area contributed by atoms with Gasteiger partial charge in [-0.3, -0.25) is 9.59 Å². The molecular weight excluding hydrogens is 242 g/mol. The highest BCUT2D eigenvalue weighted by molar-refractivity contribution is 5.86. The molecule has 1 saturated carbocycles. The monoisotopic (exact) mass is 265 g/mol. The Labute approximate surface area is 114 Å². The zero-order chi connectivity index (χ0) is 13.2. The summed E-state index contributed by atoms with van der Waals surface area (Å²) in [7, 11) is 0. The van der Waals surface area contributed by atoms with E-state index < -0.39 is 0 Å². The largest absolute Gasteiger partial charge is 0.336 e. The third kappa shape index (κ3) is 3.08. The lowest BCUT2D eigenvalue weighted by atomic mass is 9.94. The van der Waals surface area contributed by atoms with Gasteiger partial charge in [0.05, 0.1) is 6.54 Å². The van der Waals surface area contributed by atoms with E-state index in [1.165, 1.54) is 0 Å². The average molecular weight is 265 g/mol. The van der Waals surface area contributed by atoms with Gasteiger partial charge in [-0.05, 0) is 44.7 Å². The Morgan fingerprint density at radius 3 is 2.53 bits per heavy atom. The number of hydrogen-bond acceptors (Lipinski definition) is 3. The van der Waals surface area contributed by atoms with Crippen molar-refractivity contribution in [2.45, 2.75) is 38.1 Å². The Kier molecular flexibility index (Phi) is 3.73. The summed E-state index contributed by atoms with van der Waals surface area (Å²) in [6, 6.07) is 0.481. The first-order chi connectivity index (χ1) is 9.24. The molecule has 3 fully saturated rings. The second kappa shape index (κ2) is 5.49. The Bertz CT molecular complexity index is 362. The first-order valence-corrected chi connectivity index (χ1v) is 7.52. The van der Waals surface area contributed by atoms with Crippen molar-refractivity contribution >= 4 is 11.8 Å². The molecule has 106 valence electrons. The number of carbonyl (C=O) groups excluding carboxylic acids is 2. The van der Waals surface area contributed by atoms with E-state index in [0.29, 0.717) is 24.9 Å². The van der Waals surface area contributed by atoms with E-state index in [1.54, 1.807) is 4.90 Å². The molecular formula is C14H23N3O2. The van der Waals surface area contributed by atoms with E-state index in [0.717, 1.165) is 51.9 Å². The van der Waals surface area contributed by atoms with Gasteiger partial charge in [-0.15, -0.1) is 0 Å². The van der Waals surface area contributed by atoms with Crippen LogP contribution in [0.3, 0.4) is 0 Å². The second-order valence-electron chi connectivity index (χ2n) is 6.03. The molecule has 0 unspecified atom stereocenters. The minimum absolute atomic E-state index is 0.146. The second-order valence-corrected chi connectivity index (χ2v) is 6.03. The van der Waals surface area contributed by atoms with Crippen LogP contribution in [0.4, 0.5) is 0 Å². The van der Waals surface area contributed by atoms with Crippen LogP contribution < -0.4 is 5.32 Å². The Morgan fingerprint density at radius 1 is 1.16 bits per heavy atom. The van der Waals surface area contributed by atoms with Crippen LogP contribution in [0.15, 0.2) is 0 Å². The van der Waals surface area contributed by atoms with Crippen molar-refractivity contribution in [1.82, 2.24) is 15.1 Å². The van der Waals surface area contributed by atoms with Crippen LogP contribution in [-0.4, -0.2) is 60.4 Å². The molecule has 2 heterocycles. The molecule has 1 aliphatic carbocycles. The maximum atomic E-state index is 12.2. The van der Waals surface area contributed by atoms with Crippen molar-refractivity contribution in [2.24, 2.45) is 5.92 Å². The Hall–Kier alpha value is -1.10. The number of carbonyl (C=O) groups is 2. The number of piperidine rings is 1. The van der Waals surface area contributed by atoms with Crippen molar-refractivity contribution in [3.8, 4) is 0 Å². The van der Waals surface area contributed by atoms with Crippen LogP contribution in [0.5, 0.6) is 0 Å². The summed E-state index contributed by atoms with van der Waals surface area (Å²) in [5.74, 6) is 0.827. The van der Waals surface area contributed by atoms with Gasteiger partial charge in [-0.1, -0.05) is 0 Å². The van der Waals surface area contributed by atoms with Gasteiger partial charge < -0.3 is 15.1 Å². The predicted molar refractivity (Wildman–Crippen MR) is 71.5 cm³/mol. The maximum Gasteiger partial charge on any atom is 0.242 e. The fourth-order valence-corrected chi connectivity index (χ4v) is 3.13. The number of piperazine rings is 1. The van der Waals surface area contributed by atoms with E-state index in [-0.39, 0.29) is 11.8 Å². The molecule has 2 amide bonds. The van der Waals surface area contributed by atoms with Crippen LogP contribution in [0.1, 0.15) is 32.1 Å². The summed E-state index contributed by atoms with van der Waals surface area (Å²) in [5.41, 5.74) is 0. The molecule has 5 heteroatoms. The SMILES string of the molecule is O=C(CC1CCNCC1)N1CCN(C2CC2)C(=O)C1. The van der Waals surface area contributed by atoms with Gasteiger partial charge in [0.1, 0.15) is 0 Å². The summed E-state index contributed by atoms with van der Waals surface area (Å²) in [4.78, 5) is 28.0. The van der Waals surface area contributed by atoms with Crippen molar-refractivity contribution in [3.05, 3.63) is 0 Å². The third-order valence-electron chi connectivity index (χ3n) is 4.52. The van der Waals surface area contributed by atoms with Gasteiger partial charge in [0.25, 0.3) is 0 Å². The quantitative estimate of drug-likeness (QED) is 0.793. The van der Waals surface area contributed by atoms with Gasteiger partial charge in [0, 0.05) is 25.6 Å². The topological polar surface area (TPSA) is 52.7 Å². The fourth-order valence-electron chi connectivity index (χ4n) is 3.13. The lowest BCUT2D eigenvalue weighted by Crippen LogP contribution is -2.53. The zero-order valence-corrected chi connectivity index (χ0v) is 11.4. The molecule has 0 aromatic rings. The minimum Gasteiger partial charge on any atom is -0.336 e.